The molecule has 0 saturated carbocycles. The quantitative estimate of drug-likeness (QED) is 0.564. The van der Waals surface area contributed by atoms with Crippen molar-refractivity contribution < 1.29 is 18.4 Å². The summed E-state index contributed by atoms with van der Waals surface area (Å²) in [5.74, 6) is -2.41. The molecule has 1 amide bonds. The molecule has 6 heteroatoms. The van der Waals surface area contributed by atoms with Gasteiger partial charge in [-0.25, -0.2) is 8.78 Å². The molecule has 0 unspecified atom stereocenters. The molecule has 20 heavy (non-hydrogen) atoms. The first kappa shape index (κ1) is 16.2. The Morgan fingerprint density at radius 3 is 2.55 bits per heavy atom. The summed E-state index contributed by atoms with van der Waals surface area (Å²) in [5, 5.41) is 5.68. The van der Waals surface area contributed by atoms with Gasteiger partial charge < -0.3 is 10.6 Å². The van der Waals surface area contributed by atoms with E-state index in [1.54, 1.807) is 0 Å². The van der Waals surface area contributed by atoms with E-state index in [-0.39, 0.29) is 24.3 Å². The summed E-state index contributed by atoms with van der Waals surface area (Å²) in [6.07, 6.45) is -0.114. The Bertz CT molecular complexity index is 478. The third-order valence-corrected chi connectivity index (χ3v) is 2.68. The Morgan fingerprint density at radius 1 is 1.15 bits per heavy atom. The minimum atomic E-state index is -0.900. The molecule has 2 N–H and O–H groups in total. The number of nitrogens with one attached hydrogen (secondary N) is 2. The second kappa shape index (κ2) is 8.37. The maximum Gasteiger partial charge on any atom is 0.220 e. The Balaban J connectivity index is 2.37. The molecule has 4 nitrogen and oxygen atoms in total. The number of rotatable bonds is 8. The van der Waals surface area contributed by atoms with Gasteiger partial charge in [-0.2, -0.15) is 0 Å². The van der Waals surface area contributed by atoms with Crippen LogP contribution in [-0.2, 0) is 4.79 Å². The standard InChI is InChI=1S/C14H18F2N2O2/c1-2-17-7-8-18-14(20)6-5-13(19)11-4-3-10(15)9-12(11)16/h3-4,9,17H,2,5-8H2,1H3,(H,18,20). The SMILES string of the molecule is CCNCCNC(=O)CCC(=O)c1ccc(F)cc1F. The van der Waals surface area contributed by atoms with Crippen LogP contribution < -0.4 is 10.6 Å². The van der Waals surface area contributed by atoms with Crippen LogP contribution >= 0.6 is 0 Å². The summed E-state index contributed by atoms with van der Waals surface area (Å²) in [4.78, 5) is 23.1. The number of ketones is 1. The zero-order valence-corrected chi connectivity index (χ0v) is 11.3. The van der Waals surface area contributed by atoms with Crippen LogP contribution in [0.15, 0.2) is 18.2 Å². The van der Waals surface area contributed by atoms with Gasteiger partial charge in [0, 0.05) is 32.0 Å². The average molecular weight is 284 g/mol. The van der Waals surface area contributed by atoms with E-state index in [2.05, 4.69) is 10.6 Å². The molecular weight excluding hydrogens is 266 g/mol. The van der Waals surface area contributed by atoms with Gasteiger partial charge in [-0.05, 0) is 18.7 Å². The number of carbonyl (C=O) groups excluding carboxylic acids is 2. The fraction of sp³-hybridized carbons (Fsp3) is 0.429. The number of halogens is 2. The molecule has 1 rings (SSSR count). The Morgan fingerprint density at radius 2 is 1.90 bits per heavy atom. The minimum Gasteiger partial charge on any atom is -0.355 e. The van der Waals surface area contributed by atoms with E-state index in [1.807, 2.05) is 6.92 Å². The van der Waals surface area contributed by atoms with Crippen LogP contribution in [0.25, 0.3) is 0 Å². The van der Waals surface area contributed by atoms with Crippen LogP contribution in [0.2, 0.25) is 0 Å². The molecule has 0 aliphatic heterocycles. The number of Topliss-reactive ketones (excluding diaryl/α,β-unsaturated/α-hetero) is 1. The zero-order chi connectivity index (χ0) is 15.0. The van der Waals surface area contributed by atoms with Gasteiger partial charge in [-0.1, -0.05) is 6.92 Å². The molecule has 0 aliphatic carbocycles. The summed E-state index contributed by atoms with van der Waals surface area (Å²) in [7, 11) is 0. The van der Waals surface area contributed by atoms with Crippen LogP contribution in [0.3, 0.4) is 0 Å². The average Bonchev–Trinajstić information content (AvgIpc) is 2.41. The summed E-state index contributed by atoms with van der Waals surface area (Å²) < 4.78 is 26.0. The van der Waals surface area contributed by atoms with E-state index in [0.717, 1.165) is 18.7 Å². The van der Waals surface area contributed by atoms with E-state index in [9.17, 15) is 18.4 Å². The molecule has 0 saturated heterocycles. The number of benzene rings is 1. The predicted molar refractivity (Wildman–Crippen MR) is 71.5 cm³/mol. The van der Waals surface area contributed by atoms with Crippen molar-refractivity contribution in [3.63, 3.8) is 0 Å². The number of hydrogen-bond donors (Lipinski definition) is 2. The fourth-order valence-electron chi connectivity index (χ4n) is 1.63. The molecule has 110 valence electrons. The molecule has 0 aromatic heterocycles. The van der Waals surface area contributed by atoms with Crippen molar-refractivity contribution in [1.82, 2.24) is 10.6 Å². The first-order chi connectivity index (χ1) is 9.54. The number of hydrogen-bond acceptors (Lipinski definition) is 3. The van der Waals surface area contributed by atoms with Crippen LogP contribution in [-0.4, -0.2) is 31.3 Å². The van der Waals surface area contributed by atoms with Crippen molar-refractivity contribution >= 4 is 11.7 Å². The highest BCUT2D eigenvalue weighted by Crippen LogP contribution is 2.12. The number of amides is 1. The second-order valence-electron chi connectivity index (χ2n) is 4.25. The lowest BCUT2D eigenvalue weighted by molar-refractivity contribution is -0.121. The topological polar surface area (TPSA) is 58.2 Å². The van der Waals surface area contributed by atoms with Crippen molar-refractivity contribution in [1.29, 1.82) is 0 Å². The van der Waals surface area contributed by atoms with E-state index >= 15 is 0 Å². The molecular formula is C14H18F2N2O2. The normalized spacial score (nSPS) is 10.3. The lowest BCUT2D eigenvalue weighted by Gasteiger charge is -2.06. The van der Waals surface area contributed by atoms with Crippen LogP contribution in [0.4, 0.5) is 8.78 Å². The molecule has 1 aromatic rings. The second-order valence-corrected chi connectivity index (χ2v) is 4.25. The third kappa shape index (κ3) is 5.44. The molecule has 1 aromatic carbocycles. The monoisotopic (exact) mass is 284 g/mol. The van der Waals surface area contributed by atoms with Crippen molar-refractivity contribution in [3.05, 3.63) is 35.4 Å². The number of likely N-dealkylation sites (N-methyl/N-ethyl adjacent to an activating group) is 1. The van der Waals surface area contributed by atoms with E-state index in [4.69, 9.17) is 0 Å². The van der Waals surface area contributed by atoms with Crippen LogP contribution in [0, 0.1) is 11.6 Å². The highest BCUT2D eigenvalue weighted by Gasteiger charge is 2.13. The Hall–Kier alpha value is -1.82. The molecule has 0 spiro atoms. The van der Waals surface area contributed by atoms with Crippen molar-refractivity contribution in [3.8, 4) is 0 Å². The highest BCUT2D eigenvalue weighted by molar-refractivity contribution is 5.98. The summed E-state index contributed by atoms with van der Waals surface area (Å²) in [6, 6.07) is 2.77. The predicted octanol–water partition coefficient (Wildman–Crippen LogP) is 1.65. The van der Waals surface area contributed by atoms with Gasteiger partial charge in [0.05, 0.1) is 5.56 Å². The van der Waals surface area contributed by atoms with Gasteiger partial charge in [0.25, 0.3) is 0 Å². The molecule has 0 aliphatic rings. The lowest BCUT2D eigenvalue weighted by Crippen LogP contribution is -2.31. The smallest absolute Gasteiger partial charge is 0.220 e. The maximum absolute atomic E-state index is 13.3. The van der Waals surface area contributed by atoms with E-state index in [1.165, 1.54) is 0 Å². The number of carbonyl (C=O) groups is 2. The highest BCUT2D eigenvalue weighted by atomic mass is 19.1. The van der Waals surface area contributed by atoms with E-state index < -0.39 is 17.4 Å². The molecule has 0 bridgehead atoms. The Kier molecular flexibility index (Phi) is 6.79. The fourth-order valence-corrected chi connectivity index (χ4v) is 1.63. The summed E-state index contributed by atoms with van der Waals surface area (Å²) >= 11 is 0. The van der Waals surface area contributed by atoms with Crippen molar-refractivity contribution in [2.24, 2.45) is 0 Å². The summed E-state index contributed by atoms with van der Waals surface area (Å²) in [5.41, 5.74) is -0.188. The zero-order valence-electron chi connectivity index (χ0n) is 11.3. The van der Waals surface area contributed by atoms with Crippen molar-refractivity contribution in [2.45, 2.75) is 19.8 Å². The van der Waals surface area contributed by atoms with Gasteiger partial charge in [0.15, 0.2) is 5.78 Å². The van der Waals surface area contributed by atoms with Gasteiger partial charge >= 0.3 is 0 Å². The van der Waals surface area contributed by atoms with Crippen LogP contribution in [0.1, 0.15) is 30.1 Å². The molecule has 0 heterocycles. The molecule has 0 radical (unpaired) electrons. The Labute approximate surface area is 116 Å². The molecule has 0 fully saturated rings. The van der Waals surface area contributed by atoms with Crippen molar-refractivity contribution in [2.75, 3.05) is 19.6 Å². The largest absolute Gasteiger partial charge is 0.355 e. The van der Waals surface area contributed by atoms with Gasteiger partial charge in [0.1, 0.15) is 11.6 Å². The van der Waals surface area contributed by atoms with Gasteiger partial charge in [0.2, 0.25) is 5.91 Å². The minimum absolute atomic E-state index is 0.0121. The third-order valence-electron chi connectivity index (χ3n) is 2.68. The first-order valence-electron chi connectivity index (χ1n) is 6.50. The van der Waals surface area contributed by atoms with Gasteiger partial charge in [-0.15, -0.1) is 0 Å². The summed E-state index contributed by atoms with van der Waals surface area (Å²) in [6.45, 7) is 3.91. The van der Waals surface area contributed by atoms with Crippen LogP contribution in [0.5, 0.6) is 0 Å². The van der Waals surface area contributed by atoms with Gasteiger partial charge in [-0.3, -0.25) is 9.59 Å². The van der Waals surface area contributed by atoms with E-state index in [0.29, 0.717) is 19.2 Å². The first-order valence-corrected chi connectivity index (χ1v) is 6.50. The maximum atomic E-state index is 13.3. The lowest BCUT2D eigenvalue weighted by atomic mass is 10.1. The molecule has 0 atom stereocenters.